The van der Waals surface area contributed by atoms with Gasteiger partial charge in [-0.1, -0.05) is 23.7 Å². The summed E-state index contributed by atoms with van der Waals surface area (Å²) in [6.07, 6.45) is 3.24. The van der Waals surface area contributed by atoms with E-state index in [1.54, 1.807) is 12.1 Å². The number of hydrogen-bond acceptors (Lipinski definition) is 3. The van der Waals surface area contributed by atoms with Crippen molar-refractivity contribution in [3.8, 4) is 5.75 Å². The van der Waals surface area contributed by atoms with Gasteiger partial charge in [0.2, 0.25) is 0 Å². The molecule has 116 valence electrons. The lowest BCUT2D eigenvalue weighted by Gasteiger charge is -2.27. The maximum absolute atomic E-state index is 12.4. The third-order valence-corrected chi connectivity index (χ3v) is 4.44. The summed E-state index contributed by atoms with van der Waals surface area (Å²) in [7, 11) is 0. The van der Waals surface area contributed by atoms with Crippen LogP contribution in [0.1, 0.15) is 19.3 Å². The van der Waals surface area contributed by atoms with Gasteiger partial charge in [0.15, 0.2) is 6.61 Å². The van der Waals surface area contributed by atoms with Crippen molar-refractivity contribution in [3.63, 3.8) is 0 Å². The van der Waals surface area contributed by atoms with Crippen molar-refractivity contribution >= 4 is 29.9 Å². The lowest BCUT2D eigenvalue weighted by atomic mass is 10.1. The molecule has 2 aliphatic heterocycles. The first-order chi connectivity index (χ1) is 9.75. The second-order valence-electron chi connectivity index (χ2n) is 5.40. The molecule has 3 rings (SSSR count). The molecule has 1 amide bonds. The smallest absolute Gasteiger partial charge is 0.261 e. The molecule has 2 heterocycles. The molecule has 2 aliphatic rings. The first-order valence-corrected chi connectivity index (χ1v) is 7.52. The highest BCUT2D eigenvalue weighted by molar-refractivity contribution is 6.32. The average molecular weight is 331 g/mol. The van der Waals surface area contributed by atoms with E-state index in [4.69, 9.17) is 16.3 Å². The van der Waals surface area contributed by atoms with Crippen LogP contribution in [-0.4, -0.2) is 42.6 Å². The van der Waals surface area contributed by atoms with Gasteiger partial charge in [-0.2, -0.15) is 0 Å². The molecule has 0 aromatic heterocycles. The van der Waals surface area contributed by atoms with Crippen molar-refractivity contribution in [2.75, 3.05) is 19.7 Å². The fourth-order valence-electron chi connectivity index (χ4n) is 3.17. The number of fused-ring (bicyclic) bond motifs is 2. The predicted octanol–water partition coefficient (Wildman–Crippen LogP) is 2.49. The summed E-state index contributed by atoms with van der Waals surface area (Å²) < 4.78 is 5.57. The lowest BCUT2D eigenvalue weighted by Crippen LogP contribution is -2.44. The molecule has 2 atom stereocenters. The van der Waals surface area contributed by atoms with Crippen LogP contribution in [0.3, 0.4) is 0 Å². The second kappa shape index (κ2) is 7.34. The lowest BCUT2D eigenvalue weighted by molar-refractivity contribution is -0.135. The summed E-state index contributed by atoms with van der Waals surface area (Å²) in [5.41, 5.74) is 0. The summed E-state index contributed by atoms with van der Waals surface area (Å²) in [5.74, 6) is 0.643. The molecule has 4 nitrogen and oxygen atoms in total. The second-order valence-corrected chi connectivity index (χ2v) is 5.81. The highest BCUT2D eigenvalue weighted by Gasteiger charge is 2.37. The van der Waals surface area contributed by atoms with Crippen LogP contribution in [0.4, 0.5) is 0 Å². The molecule has 0 saturated carbocycles. The molecule has 0 aliphatic carbocycles. The summed E-state index contributed by atoms with van der Waals surface area (Å²) >= 11 is 6.03. The summed E-state index contributed by atoms with van der Waals surface area (Å²) in [5, 5.41) is 3.93. The van der Waals surface area contributed by atoms with E-state index in [0.29, 0.717) is 22.9 Å². The van der Waals surface area contributed by atoms with E-state index in [9.17, 15) is 4.79 Å². The van der Waals surface area contributed by atoms with Crippen molar-refractivity contribution in [3.05, 3.63) is 29.3 Å². The third-order valence-electron chi connectivity index (χ3n) is 4.13. The zero-order chi connectivity index (χ0) is 13.9. The van der Waals surface area contributed by atoms with E-state index in [1.807, 2.05) is 17.0 Å². The topological polar surface area (TPSA) is 41.6 Å². The van der Waals surface area contributed by atoms with Crippen molar-refractivity contribution in [2.24, 2.45) is 0 Å². The molecule has 6 heteroatoms. The summed E-state index contributed by atoms with van der Waals surface area (Å²) in [6, 6.07) is 7.94. The van der Waals surface area contributed by atoms with Crippen LogP contribution in [0.2, 0.25) is 5.02 Å². The summed E-state index contributed by atoms with van der Waals surface area (Å²) in [4.78, 5) is 14.5. The van der Waals surface area contributed by atoms with E-state index in [0.717, 1.165) is 32.4 Å². The van der Waals surface area contributed by atoms with Crippen molar-refractivity contribution < 1.29 is 9.53 Å². The molecule has 2 fully saturated rings. The van der Waals surface area contributed by atoms with Crippen LogP contribution >= 0.6 is 24.0 Å². The van der Waals surface area contributed by atoms with E-state index < -0.39 is 0 Å². The maximum atomic E-state index is 12.4. The maximum Gasteiger partial charge on any atom is 0.261 e. The standard InChI is InChI=1S/C15H19ClN2O2.ClH/c16-13-3-1-2-4-14(13)20-10-15(19)18-11-5-6-12(18)9-17-8-7-11;/h1-4,11-12,17H,5-10H2;1H. The molecular weight excluding hydrogens is 311 g/mol. The minimum atomic E-state index is 0. The Morgan fingerprint density at radius 3 is 2.86 bits per heavy atom. The number of rotatable bonds is 3. The van der Waals surface area contributed by atoms with Gasteiger partial charge in [0.05, 0.1) is 5.02 Å². The van der Waals surface area contributed by atoms with Gasteiger partial charge in [-0.05, 0) is 37.9 Å². The monoisotopic (exact) mass is 330 g/mol. The van der Waals surface area contributed by atoms with Gasteiger partial charge in [-0.3, -0.25) is 4.79 Å². The van der Waals surface area contributed by atoms with E-state index >= 15 is 0 Å². The molecule has 2 bridgehead atoms. The number of benzene rings is 1. The Kier molecular flexibility index (Phi) is 5.73. The van der Waals surface area contributed by atoms with Gasteiger partial charge in [0.25, 0.3) is 5.91 Å². The van der Waals surface area contributed by atoms with E-state index in [1.165, 1.54) is 0 Å². The van der Waals surface area contributed by atoms with Crippen molar-refractivity contribution in [1.29, 1.82) is 0 Å². The highest BCUT2D eigenvalue weighted by Crippen LogP contribution is 2.28. The van der Waals surface area contributed by atoms with E-state index in [-0.39, 0.29) is 24.9 Å². The largest absolute Gasteiger partial charge is 0.482 e. The Bertz CT molecular complexity index is 484. The van der Waals surface area contributed by atoms with Crippen molar-refractivity contribution in [2.45, 2.75) is 31.3 Å². The quantitative estimate of drug-likeness (QED) is 0.925. The van der Waals surface area contributed by atoms with Crippen LogP contribution in [0, 0.1) is 0 Å². The number of para-hydroxylation sites is 1. The minimum absolute atomic E-state index is 0. The average Bonchev–Trinajstić information content (AvgIpc) is 2.71. The molecule has 1 N–H and O–H groups in total. The zero-order valence-electron chi connectivity index (χ0n) is 11.8. The number of amides is 1. The Hall–Kier alpha value is -0.970. The number of ether oxygens (including phenoxy) is 1. The molecule has 0 spiro atoms. The third kappa shape index (κ3) is 3.62. The van der Waals surface area contributed by atoms with E-state index in [2.05, 4.69) is 5.32 Å². The Labute approximate surface area is 136 Å². The highest BCUT2D eigenvalue weighted by atomic mass is 35.5. The summed E-state index contributed by atoms with van der Waals surface area (Å²) in [6.45, 7) is 1.96. The number of carbonyl (C=O) groups excluding carboxylic acids is 1. The van der Waals surface area contributed by atoms with Gasteiger partial charge < -0.3 is 15.0 Å². The van der Waals surface area contributed by atoms with Crippen LogP contribution in [0.5, 0.6) is 5.75 Å². The van der Waals surface area contributed by atoms with Crippen LogP contribution in [0.15, 0.2) is 24.3 Å². The molecule has 1 aromatic carbocycles. The number of halogens is 2. The molecule has 1 aromatic rings. The normalized spacial score (nSPS) is 24.1. The number of nitrogens with one attached hydrogen (secondary N) is 1. The van der Waals surface area contributed by atoms with Crippen LogP contribution in [0.25, 0.3) is 0 Å². The predicted molar refractivity (Wildman–Crippen MR) is 85.3 cm³/mol. The molecule has 0 radical (unpaired) electrons. The Morgan fingerprint density at radius 2 is 2.05 bits per heavy atom. The first kappa shape index (κ1) is 16.4. The molecular formula is C15H20Cl2N2O2. The van der Waals surface area contributed by atoms with Gasteiger partial charge in [0.1, 0.15) is 5.75 Å². The van der Waals surface area contributed by atoms with Gasteiger partial charge in [-0.25, -0.2) is 0 Å². The number of hydrogen-bond donors (Lipinski definition) is 1. The SMILES string of the molecule is Cl.O=C(COc1ccccc1Cl)N1C2CCNCC1CC2. The van der Waals surface area contributed by atoms with Crippen molar-refractivity contribution in [1.82, 2.24) is 10.2 Å². The molecule has 2 unspecified atom stereocenters. The Morgan fingerprint density at radius 1 is 1.29 bits per heavy atom. The van der Waals surface area contributed by atoms with Gasteiger partial charge >= 0.3 is 0 Å². The fraction of sp³-hybridized carbons (Fsp3) is 0.533. The van der Waals surface area contributed by atoms with Gasteiger partial charge in [0, 0.05) is 18.6 Å². The fourth-order valence-corrected chi connectivity index (χ4v) is 3.36. The minimum Gasteiger partial charge on any atom is -0.482 e. The van der Waals surface area contributed by atoms with Crippen LogP contribution < -0.4 is 10.1 Å². The molecule has 21 heavy (non-hydrogen) atoms. The molecule has 2 saturated heterocycles. The number of carbonyl (C=O) groups is 1. The number of nitrogens with zero attached hydrogens (tertiary/aromatic N) is 1. The Balaban J connectivity index is 0.00000161. The zero-order valence-corrected chi connectivity index (χ0v) is 13.3. The van der Waals surface area contributed by atoms with Crippen LogP contribution in [-0.2, 0) is 4.79 Å². The van der Waals surface area contributed by atoms with Gasteiger partial charge in [-0.15, -0.1) is 12.4 Å². The first-order valence-electron chi connectivity index (χ1n) is 7.15.